The third-order valence-electron chi connectivity index (χ3n) is 1.87. The molecule has 0 heterocycles. The minimum absolute atomic E-state index is 0.241. The summed E-state index contributed by atoms with van der Waals surface area (Å²) in [5.74, 6) is -2.58. The van der Waals surface area contributed by atoms with Crippen molar-refractivity contribution in [1.82, 2.24) is 0 Å². The largest absolute Gasteiger partial charge is 0.465 e. The maximum Gasteiger partial charge on any atom is 0.387 e. The molecule has 94 valence electrons. The van der Waals surface area contributed by atoms with E-state index in [4.69, 9.17) is 0 Å². The first-order valence-electron chi connectivity index (χ1n) is 4.41. The smallest absolute Gasteiger partial charge is 0.387 e. The lowest BCUT2D eigenvalue weighted by atomic mass is 10.1. The maximum atomic E-state index is 13.5. The monoisotopic (exact) mass is 312 g/mol. The first-order chi connectivity index (χ1) is 7.99. The molecule has 3 nitrogen and oxygen atoms in total. The number of hydrogen-bond acceptors (Lipinski definition) is 3. The number of alkyl halides is 3. The lowest BCUT2D eigenvalue weighted by Crippen LogP contribution is -2.12. The summed E-state index contributed by atoms with van der Waals surface area (Å²) in [6, 6.07) is 2.19. The van der Waals surface area contributed by atoms with Crippen molar-refractivity contribution in [3.63, 3.8) is 0 Å². The lowest BCUT2D eigenvalue weighted by molar-refractivity contribution is -0.0506. The molecule has 1 rings (SSSR count). The van der Waals surface area contributed by atoms with E-state index in [0.717, 1.165) is 19.2 Å². The van der Waals surface area contributed by atoms with E-state index in [9.17, 15) is 18.0 Å². The number of rotatable bonds is 4. The van der Waals surface area contributed by atoms with Gasteiger partial charge in [-0.25, -0.2) is 9.18 Å². The predicted octanol–water partition coefficient (Wildman–Crippen LogP) is 3.11. The molecule has 0 radical (unpaired) electrons. The zero-order chi connectivity index (χ0) is 13.0. The van der Waals surface area contributed by atoms with Crippen LogP contribution in [0.15, 0.2) is 12.1 Å². The molecule has 0 aliphatic carbocycles. The highest BCUT2D eigenvalue weighted by Gasteiger charge is 2.22. The van der Waals surface area contributed by atoms with Crippen LogP contribution in [-0.4, -0.2) is 19.7 Å². The van der Waals surface area contributed by atoms with Crippen molar-refractivity contribution in [2.45, 2.75) is 11.9 Å². The van der Waals surface area contributed by atoms with Crippen molar-refractivity contribution in [3.8, 4) is 5.75 Å². The fraction of sp³-hybridized carbons (Fsp3) is 0.300. The van der Waals surface area contributed by atoms with Crippen LogP contribution in [0.1, 0.15) is 15.9 Å². The summed E-state index contributed by atoms with van der Waals surface area (Å²) in [5, 5.41) is 0.241. The van der Waals surface area contributed by atoms with Gasteiger partial charge < -0.3 is 9.47 Å². The molecular formula is C10H8BrF3O3. The van der Waals surface area contributed by atoms with Crippen LogP contribution < -0.4 is 4.74 Å². The Morgan fingerprint density at radius 2 is 2.12 bits per heavy atom. The Labute approximate surface area is 104 Å². The molecule has 0 fully saturated rings. The van der Waals surface area contributed by atoms with Crippen LogP contribution in [0.25, 0.3) is 0 Å². The quantitative estimate of drug-likeness (QED) is 0.633. The molecule has 0 saturated heterocycles. The minimum atomic E-state index is -3.15. The van der Waals surface area contributed by atoms with Gasteiger partial charge in [-0.2, -0.15) is 8.78 Å². The molecule has 0 saturated carbocycles. The molecule has 0 atom stereocenters. The number of esters is 1. The molecule has 0 spiro atoms. The molecule has 0 aromatic heterocycles. The number of carbonyl (C=O) groups excluding carboxylic acids is 1. The van der Waals surface area contributed by atoms with Gasteiger partial charge in [0.25, 0.3) is 0 Å². The second kappa shape index (κ2) is 5.90. The van der Waals surface area contributed by atoms with Gasteiger partial charge in [-0.1, -0.05) is 15.9 Å². The zero-order valence-corrected chi connectivity index (χ0v) is 10.3. The maximum absolute atomic E-state index is 13.5. The van der Waals surface area contributed by atoms with Gasteiger partial charge >= 0.3 is 12.6 Å². The molecule has 0 unspecified atom stereocenters. The van der Waals surface area contributed by atoms with Crippen molar-refractivity contribution in [1.29, 1.82) is 0 Å². The first kappa shape index (κ1) is 13.8. The number of halogens is 4. The Morgan fingerprint density at radius 1 is 1.47 bits per heavy atom. The Kier molecular flexibility index (Phi) is 4.80. The van der Waals surface area contributed by atoms with Crippen LogP contribution in [0.2, 0.25) is 0 Å². The highest BCUT2D eigenvalue weighted by atomic mass is 79.9. The fourth-order valence-corrected chi connectivity index (χ4v) is 1.52. The van der Waals surface area contributed by atoms with Gasteiger partial charge in [0, 0.05) is 5.33 Å². The van der Waals surface area contributed by atoms with Crippen LogP contribution in [0.3, 0.4) is 0 Å². The van der Waals surface area contributed by atoms with Gasteiger partial charge in [0.05, 0.1) is 7.11 Å². The third kappa shape index (κ3) is 3.36. The van der Waals surface area contributed by atoms with Crippen LogP contribution in [0.4, 0.5) is 13.2 Å². The topological polar surface area (TPSA) is 35.5 Å². The molecule has 1 aromatic carbocycles. The van der Waals surface area contributed by atoms with Gasteiger partial charge in [0.2, 0.25) is 0 Å². The number of carbonyl (C=O) groups is 1. The van der Waals surface area contributed by atoms with E-state index < -0.39 is 29.7 Å². The summed E-state index contributed by atoms with van der Waals surface area (Å²) >= 11 is 3.04. The molecule has 0 aliphatic heterocycles. The second-order valence-corrected chi connectivity index (χ2v) is 3.52. The predicted molar refractivity (Wildman–Crippen MR) is 57.0 cm³/mol. The van der Waals surface area contributed by atoms with Crippen LogP contribution in [-0.2, 0) is 10.1 Å². The van der Waals surface area contributed by atoms with Crippen molar-refractivity contribution >= 4 is 21.9 Å². The molecule has 17 heavy (non-hydrogen) atoms. The standard InChI is InChI=1S/C10H8BrF3O3/c1-16-9(15)8-6(12)2-5(4-11)3-7(8)17-10(13)14/h2-3,10H,4H2,1H3. The van der Waals surface area contributed by atoms with Crippen LogP contribution in [0, 0.1) is 5.82 Å². The molecule has 0 aliphatic rings. The summed E-state index contributed by atoms with van der Waals surface area (Å²) in [5.41, 5.74) is -0.275. The highest BCUT2D eigenvalue weighted by Crippen LogP contribution is 2.27. The minimum Gasteiger partial charge on any atom is -0.465 e. The number of ether oxygens (including phenoxy) is 2. The van der Waals surface area contributed by atoms with Gasteiger partial charge in [-0.3, -0.25) is 0 Å². The van der Waals surface area contributed by atoms with E-state index in [-0.39, 0.29) is 5.33 Å². The molecule has 1 aromatic rings. The Bertz CT molecular complexity index is 424. The summed E-state index contributed by atoms with van der Waals surface area (Å²) in [4.78, 5) is 11.2. The summed E-state index contributed by atoms with van der Waals surface area (Å²) in [6.07, 6.45) is 0. The van der Waals surface area contributed by atoms with Crippen molar-refractivity contribution in [2.75, 3.05) is 7.11 Å². The van der Waals surface area contributed by atoms with Gasteiger partial charge in [0.1, 0.15) is 17.1 Å². The van der Waals surface area contributed by atoms with Gasteiger partial charge in [-0.05, 0) is 17.7 Å². The highest BCUT2D eigenvalue weighted by molar-refractivity contribution is 9.08. The van der Waals surface area contributed by atoms with E-state index in [1.54, 1.807) is 0 Å². The van der Waals surface area contributed by atoms with Crippen LogP contribution in [0.5, 0.6) is 5.75 Å². The molecule has 7 heteroatoms. The van der Waals surface area contributed by atoms with Gasteiger partial charge in [0.15, 0.2) is 0 Å². The second-order valence-electron chi connectivity index (χ2n) is 2.95. The van der Waals surface area contributed by atoms with E-state index in [0.29, 0.717) is 5.56 Å². The lowest BCUT2D eigenvalue weighted by Gasteiger charge is -2.11. The number of hydrogen-bond donors (Lipinski definition) is 0. The third-order valence-corrected chi connectivity index (χ3v) is 2.52. The fourth-order valence-electron chi connectivity index (χ4n) is 1.20. The normalized spacial score (nSPS) is 10.5. The van der Waals surface area contributed by atoms with E-state index in [1.807, 2.05) is 0 Å². The average Bonchev–Trinajstić information content (AvgIpc) is 2.26. The van der Waals surface area contributed by atoms with Crippen molar-refractivity contribution in [3.05, 3.63) is 29.1 Å². The SMILES string of the molecule is COC(=O)c1c(F)cc(CBr)cc1OC(F)F. The van der Waals surface area contributed by atoms with Gasteiger partial charge in [-0.15, -0.1) is 0 Å². The molecule has 0 bridgehead atoms. The summed E-state index contributed by atoms with van der Waals surface area (Å²) in [7, 11) is 1.02. The Hall–Kier alpha value is -1.24. The first-order valence-corrected chi connectivity index (χ1v) is 5.53. The zero-order valence-electron chi connectivity index (χ0n) is 8.68. The molecule has 0 N–H and O–H groups in total. The van der Waals surface area contributed by atoms with Crippen molar-refractivity contribution in [2.24, 2.45) is 0 Å². The van der Waals surface area contributed by atoms with Crippen molar-refractivity contribution < 1.29 is 27.4 Å². The van der Waals surface area contributed by atoms with E-state index in [1.165, 1.54) is 0 Å². The Morgan fingerprint density at radius 3 is 2.59 bits per heavy atom. The molecular weight excluding hydrogens is 305 g/mol. The number of methoxy groups -OCH3 is 1. The Balaban J connectivity index is 3.29. The average molecular weight is 313 g/mol. The summed E-state index contributed by atoms with van der Waals surface area (Å²) < 4.78 is 46.2. The summed E-state index contributed by atoms with van der Waals surface area (Å²) in [6.45, 7) is -3.15. The number of benzene rings is 1. The van der Waals surface area contributed by atoms with E-state index >= 15 is 0 Å². The van der Waals surface area contributed by atoms with Crippen LogP contribution >= 0.6 is 15.9 Å². The molecule has 0 amide bonds. The van der Waals surface area contributed by atoms with E-state index in [2.05, 4.69) is 25.4 Å².